The highest BCUT2D eigenvalue weighted by molar-refractivity contribution is 5.77. The van der Waals surface area contributed by atoms with Gasteiger partial charge in [0.25, 0.3) is 5.91 Å². The topological polar surface area (TPSA) is 65.4 Å². The van der Waals surface area contributed by atoms with Crippen LogP contribution < -0.4 is 14.8 Å². The second-order valence-electron chi connectivity index (χ2n) is 8.04. The molecule has 0 fully saturated rings. The fourth-order valence-electron chi connectivity index (χ4n) is 3.87. The zero-order valence-corrected chi connectivity index (χ0v) is 19.1. The quantitative estimate of drug-likeness (QED) is 0.393. The van der Waals surface area contributed by atoms with Gasteiger partial charge in [0.2, 0.25) is 0 Å². The zero-order valence-electron chi connectivity index (χ0n) is 19.1. The van der Waals surface area contributed by atoms with E-state index in [1.807, 2.05) is 60.7 Å². The summed E-state index contributed by atoms with van der Waals surface area (Å²) in [5, 5.41) is 2.92. The van der Waals surface area contributed by atoms with Gasteiger partial charge in [0.05, 0.1) is 17.6 Å². The minimum atomic E-state index is -0.153. The zero-order chi connectivity index (χ0) is 23.0. The molecule has 0 aliphatic rings. The number of carbonyl (C=O) groups is 1. The number of fused-ring (bicyclic) bond motifs is 1. The Labute approximate surface area is 194 Å². The van der Waals surface area contributed by atoms with Crippen molar-refractivity contribution in [2.75, 3.05) is 19.8 Å². The number of nitrogens with zero attached hydrogens (tertiary/aromatic N) is 2. The molecule has 0 bridgehead atoms. The molecule has 33 heavy (non-hydrogen) atoms. The van der Waals surface area contributed by atoms with E-state index in [1.54, 1.807) is 0 Å². The van der Waals surface area contributed by atoms with Crippen LogP contribution in [0.3, 0.4) is 0 Å². The first-order chi connectivity index (χ1) is 16.1. The van der Waals surface area contributed by atoms with E-state index in [9.17, 15) is 4.79 Å². The van der Waals surface area contributed by atoms with Gasteiger partial charge in [-0.2, -0.15) is 0 Å². The lowest BCUT2D eigenvalue weighted by Crippen LogP contribution is -2.31. The van der Waals surface area contributed by atoms with Gasteiger partial charge in [0.15, 0.2) is 6.61 Å². The summed E-state index contributed by atoms with van der Waals surface area (Å²) in [6.07, 6.45) is 0.620. The third-order valence-electron chi connectivity index (χ3n) is 5.30. The third-order valence-corrected chi connectivity index (χ3v) is 5.30. The molecule has 4 aromatic rings. The second kappa shape index (κ2) is 10.7. The fourth-order valence-corrected chi connectivity index (χ4v) is 3.87. The Bertz CT molecular complexity index is 1200. The molecule has 0 spiro atoms. The van der Waals surface area contributed by atoms with Gasteiger partial charge in [0, 0.05) is 13.0 Å². The summed E-state index contributed by atoms with van der Waals surface area (Å²) in [7, 11) is 0. The number of nitrogens with one attached hydrogen (secondary N) is 1. The van der Waals surface area contributed by atoms with Crippen molar-refractivity contribution in [1.82, 2.24) is 14.9 Å². The molecule has 6 heteroatoms. The monoisotopic (exact) mass is 443 g/mol. The number of rotatable bonds is 10. The number of aryl methyl sites for hydroxylation is 2. The average molecular weight is 444 g/mol. The van der Waals surface area contributed by atoms with E-state index in [0.29, 0.717) is 31.9 Å². The molecule has 170 valence electrons. The summed E-state index contributed by atoms with van der Waals surface area (Å²) in [6.45, 7) is 5.82. The van der Waals surface area contributed by atoms with E-state index in [1.165, 1.54) is 11.1 Å². The molecule has 0 saturated heterocycles. The Kier molecular flexibility index (Phi) is 7.25. The largest absolute Gasteiger partial charge is 0.492 e. The number of hydrogen-bond acceptors (Lipinski definition) is 4. The molecule has 1 amide bonds. The molecule has 0 radical (unpaired) electrons. The summed E-state index contributed by atoms with van der Waals surface area (Å²) in [4.78, 5) is 16.9. The van der Waals surface area contributed by atoms with Gasteiger partial charge in [-0.1, -0.05) is 36.4 Å². The number of amides is 1. The molecule has 0 unspecified atom stereocenters. The van der Waals surface area contributed by atoms with Crippen LogP contribution in [-0.4, -0.2) is 35.2 Å². The number of carbonyl (C=O) groups excluding carboxylic acids is 1. The van der Waals surface area contributed by atoms with Crippen molar-refractivity contribution in [3.05, 3.63) is 89.7 Å². The Hall–Kier alpha value is -3.80. The highest BCUT2D eigenvalue weighted by Crippen LogP contribution is 2.19. The molecule has 6 nitrogen and oxygen atoms in total. The first-order valence-electron chi connectivity index (χ1n) is 11.2. The molecule has 0 aliphatic carbocycles. The standard InChI is InChI=1S/C27H29N3O3/c1-20-16-21(2)18-23(17-20)32-15-14-30-25-11-7-6-10-24(25)29-26(30)12-13-28-27(31)19-33-22-8-4-3-5-9-22/h3-11,16-18H,12-15,19H2,1-2H3,(H,28,31). The minimum Gasteiger partial charge on any atom is -0.492 e. The maximum absolute atomic E-state index is 12.2. The van der Waals surface area contributed by atoms with Crippen LogP contribution in [0.1, 0.15) is 17.0 Å². The number of imidazole rings is 1. The number of benzene rings is 3. The highest BCUT2D eigenvalue weighted by Gasteiger charge is 2.11. The smallest absolute Gasteiger partial charge is 0.257 e. The molecule has 1 N–H and O–H groups in total. The Morgan fingerprint density at radius 1 is 0.909 bits per heavy atom. The summed E-state index contributed by atoms with van der Waals surface area (Å²) < 4.78 is 13.7. The lowest BCUT2D eigenvalue weighted by atomic mass is 10.1. The van der Waals surface area contributed by atoms with Crippen molar-refractivity contribution in [2.24, 2.45) is 0 Å². The molecule has 1 heterocycles. The number of ether oxygens (including phenoxy) is 2. The van der Waals surface area contributed by atoms with Crippen molar-refractivity contribution in [1.29, 1.82) is 0 Å². The third kappa shape index (κ3) is 6.13. The number of hydrogen-bond donors (Lipinski definition) is 1. The van der Waals surface area contributed by atoms with Crippen molar-refractivity contribution in [2.45, 2.75) is 26.8 Å². The van der Waals surface area contributed by atoms with E-state index in [-0.39, 0.29) is 12.5 Å². The molecule has 1 aromatic heterocycles. The van der Waals surface area contributed by atoms with Gasteiger partial charge in [-0.15, -0.1) is 0 Å². The minimum absolute atomic E-state index is 0.00974. The molecule has 4 rings (SSSR count). The van der Waals surface area contributed by atoms with E-state index in [2.05, 4.69) is 35.9 Å². The fraction of sp³-hybridized carbons (Fsp3) is 0.259. The van der Waals surface area contributed by atoms with Crippen molar-refractivity contribution in [3.63, 3.8) is 0 Å². The van der Waals surface area contributed by atoms with E-state index in [4.69, 9.17) is 14.5 Å². The first-order valence-corrected chi connectivity index (χ1v) is 11.2. The lowest BCUT2D eigenvalue weighted by Gasteiger charge is -2.12. The SMILES string of the molecule is Cc1cc(C)cc(OCCn2c(CCNC(=O)COc3ccccc3)nc3ccccc32)c1. The Morgan fingerprint density at radius 3 is 2.42 bits per heavy atom. The molecule has 3 aromatic carbocycles. The molecular formula is C27H29N3O3. The van der Waals surface area contributed by atoms with Crippen LogP contribution >= 0.6 is 0 Å². The summed E-state index contributed by atoms with van der Waals surface area (Å²) in [5.41, 5.74) is 4.38. The van der Waals surface area contributed by atoms with Crippen LogP contribution in [0.2, 0.25) is 0 Å². The van der Waals surface area contributed by atoms with Gasteiger partial charge < -0.3 is 19.4 Å². The lowest BCUT2D eigenvalue weighted by molar-refractivity contribution is -0.123. The van der Waals surface area contributed by atoms with Crippen LogP contribution in [0.25, 0.3) is 11.0 Å². The normalized spacial score (nSPS) is 10.8. The predicted molar refractivity (Wildman–Crippen MR) is 130 cm³/mol. The van der Waals surface area contributed by atoms with Gasteiger partial charge in [-0.3, -0.25) is 4.79 Å². The van der Waals surface area contributed by atoms with Crippen molar-refractivity contribution >= 4 is 16.9 Å². The van der Waals surface area contributed by atoms with Gasteiger partial charge in [-0.05, 0) is 61.4 Å². The Morgan fingerprint density at radius 2 is 1.64 bits per heavy atom. The summed E-state index contributed by atoms with van der Waals surface area (Å²) in [5.74, 6) is 2.33. The molecular weight excluding hydrogens is 414 g/mol. The molecule has 0 atom stereocenters. The van der Waals surface area contributed by atoms with Crippen LogP contribution in [0.15, 0.2) is 72.8 Å². The van der Waals surface area contributed by atoms with Gasteiger partial charge in [-0.25, -0.2) is 4.98 Å². The molecule has 0 aliphatic heterocycles. The maximum Gasteiger partial charge on any atom is 0.257 e. The van der Waals surface area contributed by atoms with E-state index >= 15 is 0 Å². The predicted octanol–water partition coefficient (Wildman–Crippen LogP) is 4.47. The van der Waals surface area contributed by atoms with E-state index in [0.717, 1.165) is 22.6 Å². The van der Waals surface area contributed by atoms with Crippen molar-refractivity contribution < 1.29 is 14.3 Å². The Balaban J connectivity index is 1.35. The number of para-hydroxylation sites is 3. The average Bonchev–Trinajstić information content (AvgIpc) is 3.15. The maximum atomic E-state index is 12.2. The molecule has 0 saturated carbocycles. The van der Waals surface area contributed by atoms with E-state index < -0.39 is 0 Å². The summed E-state index contributed by atoms with van der Waals surface area (Å²) >= 11 is 0. The van der Waals surface area contributed by atoms with Gasteiger partial charge in [0.1, 0.15) is 23.9 Å². The summed E-state index contributed by atoms with van der Waals surface area (Å²) in [6, 6.07) is 23.6. The van der Waals surface area contributed by atoms with Crippen LogP contribution in [-0.2, 0) is 17.8 Å². The first kappa shape index (κ1) is 22.4. The number of aromatic nitrogens is 2. The van der Waals surface area contributed by atoms with Crippen LogP contribution in [0.5, 0.6) is 11.5 Å². The van der Waals surface area contributed by atoms with Crippen LogP contribution in [0, 0.1) is 13.8 Å². The van der Waals surface area contributed by atoms with Crippen molar-refractivity contribution in [3.8, 4) is 11.5 Å². The van der Waals surface area contributed by atoms with Gasteiger partial charge >= 0.3 is 0 Å². The second-order valence-corrected chi connectivity index (χ2v) is 8.04. The highest BCUT2D eigenvalue weighted by atomic mass is 16.5. The van der Waals surface area contributed by atoms with Crippen LogP contribution in [0.4, 0.5) is 0 Å².